The molecule has 2 amide bonds. The molecule has 1 aliphatic heterocycles. The first-order chi connectivity index (χ1) is 15.3. The number of nitrogens with one attached hydrogen (secondary N) is 1. The number of amides is 2. The third kappa shape index (κ3) is 4.14. The van der Waals surface area contributed by atoms with E-state index in [-0.39, 0.29) is 24.2 Å². The number of hydrogen-bond acceptors (Lipinski definition) is 5. The van der Waals surface area contributed by atoms with E-state index in [4.69, 9.17) is 11.6 Å². The highest BCUT2D eigenvalue weighted by atomic mass is 35.5. The molecule has 3 heterocycles. The minimum absolute atomic E-state index is 0.0442. The van der Waals surface area contributed by atoms with Crippen LogP contribution in [0, 0.1) is 5.92 Å². The smallest absolute Gasteiger partial charge is 0.326 e. The number of likely N-dealkylation sites (N-methyl/N-ethyl adjacent to an activating group) is 1. The number of urea groups is 1. The van der Waals surface area contributed by atoms with Gasteiger partial charge in [-0.05, 0) is 50.1 Å². The van der Waals surface area contributed by atoms with Crippen molar-refractivity contribution in [3.63, 3.8) is 0 Å². The number of benzene rings is 1. The van der Waals surface area contributed by atoms with Crippen molar-refractivity contribution in [2.24, 2.45) is 5.92 Å². The summed E-state index contributed by atoms with van der Waals surface area (Å²) in [5.74, 6) is 1.34. The largest absolute Gasteiger partial charge is 0.346 e. The Labute approximate surface area is 193 Å². The molecular formula is C23H28ClN7O. The summed E-state index contributed by atoms with van der Waals surface area (Å²) in [6.07, 6.45) is 5.40. The van der Waals surface area contributed by atoms with Gasteiger partial charge in [-0.15, -0.1) is 0 Å². The van der Waals surface area contributed by atoms with Crippen LogP contribution in [0.3, 0.4) is 0 Å². The molecule has 0 bridgehead atoms. The van der Waals surface area contributed by atoms with E-state index < -0.39 is 0 Å². The van der Waals surface area contributed by atoms with Gasteiger partial charge in [-0.3, -0.25) is 4.90 Å². The molecule has 1 saturated heterocycles. The molecule has 0 spiro atoms. The molecule has 1 N–H and O–H groups in total. The molecule has 1 aromatic carbocycles. The fourth-order valence-electron chi connectivity index (χ4n) is 4.16. The highest BCUT2D eigenvalue weighted by molar-refractivity contribution is 6.30. The SMILES string of the molecule is CC(C)C1C(C)N(C)C(=O)N1c1ccnc(N[C@@H](C)c2cn(-c3ccc(Cl)cc3)cn2)n1. The molecule has 9 heteroatoms. The van der Waals surface area contributed by atoms with Gasteiger partial charge in [0.1, 0.15) is 5.82 Å². The Morgan fingerprint density at radius 2 is 1.81 bits per heavy atom. The predicted molar refractivity (Wildman–Crippen MR) is 126 cm³/mol. The molecule has 3 aromatic rings. The minimum Gasteiger partial charge on any atom is -0.346 e. The van der Waals surface area contributed by atoms with E-state index in [9.17, 15) is 4.79 Å². The van der Waals surface area contributed by atoms with Gasteiger partial charge in [0.15, 0.2) is 0 Å². The Morgan fingerprint density at radius 1 is 1.09 bits per heavy atom. The van der Waals surface area contributed by atoms with Crippen LogP contribution < -0.4 is 10.2 Å². The van der Waals surface area contributed by atoms with E-state index in [1.54, 1.807) is 28.4 Å². The van der Waals surface area contributed by atoms with Gasteiger partial charge in [-0.25, -0.2) is 14.8 Å². The van der Waals surface area contributed by atoms with Gasteiger partial charge in [-0.2, -0.15) is 4.98 Å². The van der Waals surface area contributed by atoms with Crippen molar-refractivity contribution in [3.05, 3.63) is 59.8 Å². The average Bonchev–Trinajstić information content (AvgIpc) is 3.34. The maximum absolute atomic E-state index is 12.9. The molecule has 32 heavy (non-hydrogen) atoms. The van der Waals surface area contributed by atoms with Gasteiger partial charge in [0.05, 0.1) is 30.1 Å². The van der Waals surface area contributed by atoms with Crippen molar-refractivity contribution < 1.29 is 4.79 Å². The summed E-state index contributed by atoms with van der Waals surface area (Å²) in [4.78, 5) is 30.0. The number of anilines is 2. The van der Waals surface area contributed by atoms with E-state index in [0.717, 1.165) is 11.4 Å². The van der Waals surface area contributed by atoms with Crippen LogP contribution in [0.2, 0.25) is 5.02 Å². The summed E-state index contributed by atoms with van der Waals surface area (Å²) in [5, 5.41) is 4.00. The minimum atomic E-state index is -0.129. The normalized spacial score (nSPS) is 19.7. The number of carbonyl (C=O) groups excluding carboxylic acids is 1. The summed E-state index contributed by atoms with van der Waals surface area (Å²) in [6, 6.07) is 9.33. The topological polar surface area (TPSA) is 79.2 Å². The summed E-state index contributed by atoms with van der Waals surface area (Å²) >= 11 is 5.98. The molecule has 1 aliphatic rings. The number of aromatic nitrogens is 4. The molecule has 0 saturated carbocycles. The first-order valence-corrected chi connectivity index (χ1v) is 11.1. The third-order valence-corrected chi connectivity index (χ3v) is 6.25. The standard InChI is InChI=1S/C23H28ClN7O/c1-14(2)21-16(4)29(5)23(32)31(21)20-10-11-25-22(28-20)27-15(3)19-12-30(13-26-19)18-8-6-17(24)7-9-18/h6-16,21H,1-5H3,(H,25,27,28)/t15-,16?,21?/m0/s1. The second-order valence-corrected chi connectivity index (χ2v) is 8.96. The molecule has 2 aromatic heterocycles. The van der Waals surface area contributed by atoms with Crippen molar-refractivity contribution in [2.75, 3.05) is 17.3 Å². The Balaban J connectivity index is 1.53. The Hall–Kier alpha value is -3.13. The number of rotatable bonds is 6. The fraction of sp³-hybridized carbons (Fsp3) is 0.391. The lowest BCUT2D eigenvalue weighted by Gasteiger charge is -2.28. The second kappa shape index (κ2) is 8.78. The summed E-state index contributed by atoms with van der Waals surface area (Å²) < 4.78 is 1.94. The van der Waals surface area contributed by atoms with E-state index in [0.29, 0.717) is 22.7 Å². The van der Waals surface area contributed by atoms with Gasteiger partial charge >= 0.3 is 6.03 Å². The van der Waals surface area contributed by atoms with Crippen LogP contribution in [0.5, 0.6) is 0 Å². The molecule has 3 atom stereocenters. The number of carbonyl (C=O) groups is 1. The van der Waals surface area contributed by atoms with Gasteiger partial charge in [-0.1, -0.05) is 25.4 Å². The summed E-state index contributed by atoms with van der Waals surface area (Å²) in [5.41, 5.74) is 1.82. The maximum atomic E-state index is 12.9. The van der Waals surface area contributed by atoms with Crippen LogP contribution in [-0.2, 0) is 0 Å². The summed E-state index contributed by atoms with van der Waals surface area (Å²) in [7, 11) is 1.84. The monoisotopic (exact) mass is 453 g/mol. The first kappa shape index (κ1) is 22.1. The van der Waals surface area contributed by atoms with Crippen molar-refractivity contribution in [2.45, 2.75) is 45.8 Å². The second-order valence-electron chi connectivity index (χ2n) is 8.53. The van der Waals surface area contributed by atoms with Gasteiger partial charge < -0.3 is 14.8 Å². The van der Waals surface area contributed by atoms with Crippen LogP contribution in [0.4, 0.5) is 16.6 Å². The molecule has 0 radical (unpaired) electrons. The molecule has 2 unspecified atom stereocenters. The van der Waals surface area contributed by atoms with E-state index in [1.807, 2.05) is 49.0 Å². The number of hydrogen-bond donors (Lipinski definition) is 1. The van der Waals surface area contributed by atoms with E-state index in [1.165, 1.54) is 0 Å². The lowest BCUT2D eigenvalue weighted by Crippen LogP contribution is -2.40. The first-order valence-electron chi connectivity index (χ1n) is 10.7. The average molecular weight is 454 g/mol. The third-order valence-electron chi connectivity index (χ3n) is 6.00. The molecule has 8 nitrogen and oxygen atoms in total. The molecule has 168 valence electrons. The zero-order valence-corrected chi connectivity index (χ0v) is 19.7. The van der Waals surface area contributed by atoms with Gasteiger partial charge in [0, 0.05) is 30.2 Å². The fourth-order valence-corrected chi connectivity index (χ4v) is 4.28. The number of imidazole rings is 1. The van der Waals surface area contributed by atoms with Crippen molar-refractivity contribution in [3.8, 4) is 5.69 Å². The van der Waals surface area contributed by atoms with E-state index >= 15 is 0 Å². The Kier molecular flexibility index (Phi) is 6.06. The van der Waals surface area contributed by atoms with Crippen LogP contribution >= 0.6 is 11.6 Å². The van der Waals surface area contributed by atoms with Crippen molar-refractivity contribution >= 4 is 29.4 Å². The molecule has 0 aliphatic carbocycles. The predicted octanol–water partition coefficient (Wildman–Crippen LogP) is 4.77. The summed E-state index contributed by atoms with van der Waals surface area (Å²) in [6.45, 7) is 8.32. The van der Waals surface area contributed by atoms with Crippen LogP contribution in [0.1, 0.15) is 39.4 Å². The van der Waals surface area contributed by atoms with Crippen molar-refractivity contribution in [1.82, 2.24) is 24.4 Å². The highest BCUT2D eigenvalue weighted by Crippen LogP contribution is 2.31. The zero-order chi connectivity index (χ0) is 23.0. The Bertz CT molecular complexity index is 1100. The van der Waals surface area contributed by atoms with Crippen molar-refractivity contribution in [1.29, 1.82) is 0 Å². The number of halogens is 1. The van der Waals surface area contributed by atoms with Crippen LogP contribution in [0.25, 0.3) is 5.69 Å². The Morgan fingerprint density at radius 3 is 2.50 bits per heavy atom. The maximum Gasteiger partial charge on any atom is 0.326 e. The highest BCUT2D eigenvalue weighted by Gasteiger charge is 2.44. The zero-order valence-electron chi connectivity index (χ0n) is 18.9. The lowest BCUT2D eigenvalue weighted by atomic mass is 9.97. The van der Waals surface area contributed by atoms with Crippen LogP contribution in [-0.4, -0.2) is 49.6 Å². The number of nitrogens with zero attached hydrogens (tertiary/aromatic N) is 6. The molecule has 4 rings (SSSR count). The quantitative estimate of drug-likeness (QED) is 0.581. The lowest BCUT2D eigenvalue weighted by molar-refractivity contribution is 0.219. The van der Waals surface area contributed by atoms with E-state index in [2.05, 4.69) is 41.0 Å². The van der Waals surface area contributed by atoms with Gasteiger partial charge in [0.25, 0.3) is 0 Å². The van der Waals surface area contributed by atoms with Crippen LogP contribution in [0.15, 0.2) is 49.1 Å². The van der Waals surface area contributed by atoms with Gasteiger partial charge in [0.2, 0.25) is 5.95 Å². The molecular weight excluding hydrogens is 426 g/mol. The molecule has 1 fully saturated rings.